The van der Waals surface area contributed by atoms with Crippen LogP contribution in [0.15, 0.2) is 0 Å². The fourth-order valence-corrected chi connectivity index (χ4v) is 2.21. The highest BCUT2D eigenvalue weighted by Gasteiger charge is 2.50. The molecule has 0 aromatic carbocycles. The van der Waals surface area contributed by atoms with Crippen molar-refractivity contribution in [2.24, 2.45) is 11.8 Å². The Kier molecular flexibility index (Phi) is 4.48. The summed E-state index contributed by atoms with van der Waals surface area (Å²) in [6, 6.07) is 0. The van der Waals surface area contributed by atoms with E-state index >= 15 is 0 Å². The number of aliphatic hydroxyl groups is 3. The van der Waals surface area contributed by atoms with Crippen LogP contribution in [-0.2, 0) is 9.53 Å². The summed E-state index contributed by atoms with van der Waals surface area (Å²) in [5, 5.41) is 37.3. The first-order valence-corrected chi connectivity index (χ1v) is 5.74. The molecule has 0 aromatic rings. The normalized spacial score (nSPS) is 39.9. The first-order chi connectivity index (χ1) is 7.81. The molecule has 5 atom stereocenters. The molecule has 100 valence electrons. The topological polar surface area (TPSA) is 107 Å². The van der Waals surface area contributed by atoms with Gasteiger partial charge < -0.3 is 25.2 Å². The number of hydrogen-bond acceptors (Lipinski definition) is 5. The van der Waals surface area contributed by atoms with Gasteiger partial charge in [0.05, 0.1) is 12.2 Å². The summed E-state index contributed by atoms with van der Waals surface area (Å²) in [6.45, 7) is 3.48. The van der Waals surface area contributed by atoms with Gasteiger partial charge in [-0.3, -0.25) is 0 Å². The number of carbonyl (C=O) groups is 1. The van der Waals surface area contributed by atoms with Gasteiger partial charge in [-0.2, -0.15) is 0 Å². The van der Waals surface area contributed by atoms with Crippen LogP contribution in [-0.4, -0.2) is 51.0 Å². The number of ether oxygens (including phenoxy) is 1. The first kappa shape index (κ1) is 14.4. The number of rotatable bonds is 4. The third-order valence-corrected chi connectivity index (χ3v) is 3.42. The van der Waals surface area contributed by atoms with E-state index in [1.165, 1.54) is 0 Å². The number of hydrogen-bond donors (Lipinski definition) is 4. The lowest BCUT2D eigenvalue weighted by Crippen LogP contribution is -2.56. The minimum atomic E-state index is -2.33. The predicted molar refractivity (Wildman–Crippen MR) is 58.1 cm³/mol. The van der Waals surface area contributed by atoms with Crippen molar-refractivity contribution in [1.82, 2.24) is 0 Å². The van der Waals surface area contributed by atoms with Crippen LogP contribution in [0.25, 0.3) is 0 Å². The minimum absolute atomic E-state index is 0.0463. The van der Waals surface area contributed by atoms with Crippen LogP contribution in [0.1, 0.15) is 26.7 Å². The second kappa shape index (κ2) is 5.30. The standard InChI is InChI=1S/C11H20O6/c1-6(3-4-12)9-7(2)8(13)5-11(16,17-9)10(14)15/h6-9,12-13,16H,3-5H2,1-2H3,(H,14,15)/t6-,7-,8+,9+,11-/m1/s1. The van der Waals surface area contributed by atoms with Gasteiger partial charge in [0.15, 0.2) is 0 Å². The largest absolute Gasteiger partial charge is 0.477 e. The number of aliphatic carboxylic acids is 1. The Morgan fingerprint density at radius 1 is 1.59 bits per heavy atom. The maximum atomic E-state index is 10.9. The molecule has 1 heterocycles. The molecule has 6 nitrogen and oxygen atoms in total. The molecule has 0 aliphatic carbocycles. The van der Waals surface area contributed by atoms with Crippen molar-refractivity contribution in [2.75, 3.05) is 6.61 Å². The van der Waals surface area contributed by atoms with E-state index in [9.17, 15) is 15.0 Å². The molecule has 0 spiro atoms. The van der Waals surface area contributed by atoms with E-state index < -0.39 is 24.0 Å². The van der Waals surface area contributed by atoms with Gasteiger partial charge in [-0.25, -0.2) is 4.79 Å². The third kappa shape index (κ3) is 2.95. The summed E-state index contributed by atoms with van der Waals surface area (Å²) < 4.78 is 5.22. The molecule has 1 rings (SSSR count). The Hall–Kier alpha value is -0.690. The summed E-state index contributed by atoms with van der Waals surface area (Å²) >= 11 is 0. The molecule has 0 saturated carbocycles. The van der Waals surface area contributed by atoms with Gasteiger partial charge in [-0.05, 0) is 12.3 Å². The van der Waals surface area contributed by atoms with Gasteiger partial charge in [-0.1, -0.05) is 13.8 Å². The van der Waals surface area contributed by atoms with E-state index in [0.29, 0.717) is 6.42 Å². The fourth-order valence-electron chi connectivity index (χ4n) is 2.21. The molecule has 1 saturated heterocycles. The Morgan fingerprint density at radius 3 is 2.65 bits per heavy atom. The van der Waals surface area contributed by atoms with E-state index in [0.717, 1.165) is 0 Å². The van der Waals surface area contributed by atoms with Crippen molar-refractivity contribution in [3.8, 4) is 0 Å². The van der Waals surface area contributed by atoms with Crippen molar-refractivity contribution in [3.63, 3.8) is 0 Å². The molecule has 17 heavy (non-hydrogen) atoms. The Bertz CT molecular complexity index is 281. The SMILES string of the molecule is C[C@H]1[C@H]([C@H](C)CCO)O[C@@](O)(C(=O)O)C[C@@H]1O. The second-order valence-electron chi connectivity index (χ2n) is 4.79. The molecular weight excluding hydrogens is 228 g/mol. The highest BCUT2D eigenvalue weighted by molar-refractivity contribution is 5.75. The summed E-state index contributed by atoms with van der Waals surface area (Å²) in [7, 11) is 0. The Labute approximate surface area is 99.8 Å². The molecule has 6 heteroatoms. The lowest BCUT2D eigenvalue weighted by atomic mass is 9.82. The molecule has 0 radical (unpaired) electrons. The molecule has 0 amide bonds. The molecule has 4 N–H and O–H groups in total. The van der Waals surface area contributed by atoms with Gasteiger partial charge in [0, 0.05) is 18.9 Å². The quantitative estimate of drug-likeness (QED) is 0.537. The van der Waals surface area contributed by atoms with Crippen molar-refractivity contribution >= 4 is 5.97 Å². The number of aliphatic hydroxyl groups excluding tert-OH is 2. The summed E-state index contributed by atoms with van der Waals surface area (Å²) in [4.78, 5) is 10.9. The van der Waals surface area contributed by atoms with Crippen molar-refractivity contribution in [2.45, 2.75) is 44.7 Å². The van der Waals surface area contributed by atoms with Crippen LogP contribution in [0.4, 0.5) is 0 Å². The highest BCUT2D eigenvalue weighted by Crippen LogP contribution is 2.35. The van der Waals surface area contributed by atoms with Gasteiger partial charge in [0.25, 0.3) is 5.79 Å². The smallest absolute Gasteiger partial charge is 0.364 e. The van der Waals surface area contributed by atoms with E-state index in [-0.39, 0.29) is 24.9 Å². The maximum absolute atomic E-state index is 10.9. The van der Waals surface area contributed by atoms with Gasteiger partial charge >= 0.3 is 5.97 Å². The zero-order valence-electron chi connectivity index (χ0n) is 10.0. The molecule has 1 aliphatic heterocycles. The van der Waals surface area contributed by atoms with E-state index in [1.807, 2.05) is 0 Å². The molecule has 0 aromatic heterocycles. The number of carboxylic acid groups (broad SMARTS) is 1. The van der Waals surface area contributed by atoms with E-state index in [4.69, 9.17) is 14.9 Å². The lowest BCUT2D eigenvalue weighted by molar-refractivity contribution is -0.291. The summed E-state index contributed by atoms with van der Waals surface area (Å²) in [5.41, 5.74) is 0. The van der Waals surface area contributed by atoms with Crippen LogP contribution in [0.3, 0.4) is 0 Å². The molecule has 1 fully saturated rings. The predicted octanol–water partition coefficient (Wildman–Crippen LogP) is -0.436. The minimum Gasteiger partial charge on any atom is -0.477 e. The van der Waals surface area contributed by atoms with Crippen molar-refractivity contribution in [3.05, 3.63) is 0 Å². The van der Waals surface area contributed by atoms with Gasteiger partial charge in [0.1, 0.15) is 0 Å². The molecule has 0 unspecified atom stereocenters. The molecular formula is C11H20O6. The lowest BCUT2D eigenvalue weighted by Gasteiger charge is -2.43. The van der Waals surface area contributed by atoms with Crippen LogP contribution in [0.5, 0.6) is 0 Å². The summed E-state index contributed by atoms with van der Waals surface area (Å²) in [5.74, 6) is -4.25. The van der Waals surface area contributed by atoms with Crippen LogP contribution >= 0.6 is 0 Å². The highest BCUT2D eigenvalue weighted by atomic mass is 16.7. The van der Waals surface area contributed by atoms with Crippen LogP contribution in [0.2, 0.25) is 0 Å². The Balaban J connectivity index is 2.85. The Morgan fingerprint density at radius 2 is 2.18 bits per heavy atom. The van der Waals surface area contributed by atoms with E-state index in [1.54, 1.807) is 13.8 Å². The second-order valence-corrected chi connectivity index (χ2v) is 4.79. The number of carboxylic acids is 1. The van der Waals surface area contributed by atoms with Crippen molar-refractivity contribution in [1.29, 1.82) is 0 Å². The summed E-state index contributed by atoms with van der Waals surface area (Å²) in [6.07, 6.45) is -1.44. The molecule has 1 aliphatic rings. The zero-order valence-corrected chi connectivity index (χ0v) is 10.0. The third-order valence-electron chi connectivity index (χ3n) is 3.42. The van der Waals surface area contributed by atoms with Gasteiger partial charge in [0.2, 0.25) is 0 Å². The average Bonchev–Trinajstić information content (AvgIpc) is 2.23. The fraction of sp³-hybridized carbons (Fsp3) is 0.909. The van der Waals surface area contributed by atoms with E-state index in [2.05, 4.69) is 0 Å². The first-order valence-electron chi connectivity index (χ1n) is 5.74. The van der Waals surface area contributed by atoms with Gasteiger partial charge in [-0.15, -0.1) is 0 Å². The van der Waals surface area contributed by atoms with Crippen molar-refractivity contribution < 1.29 is 30.0 Å². The maximum Gasteiger partial charge on any atom is 0.364 e. The van der Waals surface area contributed by atoms with Crippen LogP contribution in [0, 0.1) is 11.8 Å². The van der Waals surface area contributed by atoms with Crippen LogP contribution < -0.4 is 0 Å². The molecule has 0 bridgehead atoms. The zero-order chi connectivity index (χ0) is 13.2. The monoisotopic (exact) mass is 248 g/mol. The average molecular weight is 248 g/mol.